The predicted octanol–water partition coefficient (Wildman–Crippen LogP) is 5.02. The lowest BCUT2D eigenvalue weighted by atomic mass is 10.0. The van der Waals surface area contributed by atoms with Crippen LogP contribution in [0.5, 0.6) is 5.75 Å². The van der Waals surface area contributed by atoms with Gasteiger partial charge in [0.1, 0.15) is 5.75 Å². The van der Waals surface area contributed by atoms with E-state index in [1.165, 1.54) is 11.5 Å². The molecule has 0 amide bonds. The monoisotopic (exact) mass is 507 g/mol. The van der Waals surface area contributed by atoms with E-state index in [0.29, 0.717) is 34.1 Å². The molecule has 2 aromatic heterocycles. The first-order valence-electron chi connectivity index (χ1n) is 9.69. The summed E-state index contributed by atoms with van der Waals surface area (Å²) in [5.41, 5.74) is 0.397. The van der Waals surface area contributed by atoms with Gasteiger partial charge in [0.15, 0.2) is 17.5 Å². The number of rotatable bonds is 6. The van der Waals surface area contributed by atoms with Gasteiger partial charge in [-0.1, -0.05) is 17.8 Å². The van der Waals surface area contributed by atoms with Crippen molar-refractivity contribution in [1.29, 1.82) is 0 Å². The Bertz CT molecular complexity index is 1460. The van der Waals surface area contributed by atoms with Gasteiger partial charge in [0.05, 0.1) is 16.1 Å². The van der Waals surface area contributed by atoms with Gasteiger partial charge in [-0.15, -0.1) is 0 Å². The van der Waals surface area contributed by atoms with E-state index in [4.69, 9.17) is 9.84 Å². The van der Waals surface area contributed by atoms with Crippen molar-refractivity contribution in [3.8, 4) is 22.7 Å². The third kappa shape index (κ3) is 4.64. The maximum absolute atomic E-state index is 13.1. The van der Waals surface area contributed by atoms with Gasteiger partial charge < -0.3 is 9.84 Å². The molecule has 0 aliphatic carbocycles. The molecule has 0 bridgehead atoms. The molecule has 4 rings (SSSR count). The van der Waals surface area contributed by atoms with Crippen molar-refractivity contribution in [3.05, 3.63) is 64.1 Å². The fourth-order valence-electron chi connectivity index (χ4n) is 3.33. The number of aryl methyl sites for hydroxylation is 1. The summed E-state index contributed by atoms with van der Waals surface area (Å²) in [6, 6.07) is 10.6. The van der Waals surface area contributed by atoms with E-state index in [9.17, 15) is 22.8 Å². The molecular formula is C22H16F3N3O4S2. The normalized spacial score (nSPS) is 11.7. The van der Waals surface area contributed by atoms with Crippen molar-refractivity contribution in [3.63, 3.8) is 0 Å². The molecule has 2 heterocycles. The Hall–Kier alpha value is -3.38. The summed E-state index contributed by atoms with van der Waals surface area (Å²) in [7, 11) is 0. The number of carbonyl (C=O) groups is 1. The van der Waals surface area contributed by atoms with E-state index < -0.39 is 30.0 Å². The number of thioether (sulfide) groups is 1. The second-order valence-corrected chi connectivity index (χ2v) is 8.75. The van der Waals surface area contributed by atoms with Gasteiger partial charge in [-0.2, -0.15) is 17.5 Å². The molecule has 0 spiro atoms. The standard InChI is InChI=1S/C22H16F3N3O4S2/c1-11-3-5-13(32-10-19(30)31)8-14(11)20-15-7-12(4-6-16(15)34-27-20)28-18(29)9-17(22(23,24)25)26-21(28)33-2/h3-9H,10H2,1-2H3,(H,30,31). The molecule has 0 saturated carbocycles. The van der Waals surface area contributed by atoms with Crippen LogP contribution in [0.4, 0.5) is 13.2 Å². The van der Waals surface area contributed by atoms with Crippen LogP contribution < -0.4 is 10.3 Å². The van der Waals surface area contributed by atoms with Crippen LogP contribution in [0.15, 0.2) is 52.4 Å². The van der Waals surface area contributed by atoms with Gasteiger partial charge in [-0.25, -0.2) is 9.78 Å². The second-order valence-electron chi connectivity index (χ2n) is 7.17. The number of benzene rings is 2. The summed E-state index contributed by atoms with van der Waals surface area (Å²) < 4.78 is 51.1. The van der Waals surface area contributed by atoms with Crippen LogP contribution in [0.1, 0.15) is 11.3 Å². The highest BCUT2D eigenvalue weighted by molar-refractivity contribution is 7.98. The van der Waals surface area contributed by atoms with E-state index in [1.54, 1.807) is 42.7 Å². The highest BCUT2D eigenvalue weighted by Gasteiger charge is 2.34. The lowest BCUT2D eigenvalue weighted by Gasteiger charge is -2.13. The smallest absolute Gasteiger partial charge is 0.433 e. The van der Waals surface area contributed by atoms with E-state index in [0.717, 1.165) is 26.6 Å². The van der Waals surface area contributed by atoms with Gasteiger partial charge in [-0.05, 0) is 60.6 Å². The van der Waals surface area contributed by atoms with Gasteiger partial charge in [0.25, 0.3) is 5.56 Å². The third-order valence-corrected chi connectivity index (χ3v) is 6.36. The van der Waals surface area contributed by atoms with Gasteiger partial charge in [-0.3, -0.25) is 9.36 Å². The Morgan fingerprint density at radius 1 is 1.21 bits per heavy atom. The zero-order valence-electron chi connectivity index (χ0n) is 17.7. The first-order valence-corrected chi connectivity index (χ1v) is 11.7. The molecule has 0 fully saturated rings. The number of alkyl halides is 3. The minimum Gasteiger partial charge on any atom is -0.482 e. The summed E-state index contributed by atoms with van der Waals surface area (Å²) in [6.07, 6.45) is -3.19. The number of ether oxygens (including phenoxy) is 1. The number of aromatic nitrogens is 3. The fraction of sp³-hybridized carbons (Fsp3) is 0.182. The zero-order chi connectivity index (χ0) is 24.6. The third-order valence-electron chi connectivity index (χ3n) is 4.90. The molecule has 0 aliphatic heterocycles. The highest BCUT2D eigenvalue weighted by Crippen LogP contribution is 2.36. The van der Waals surface area contributed by atoms with E-state index in [1.807, 2.05) is 6.92 Å². The largest absolute Gasteiger partial charge is 0.482 e. The topological polar surface area (TPSA) is 94.3 Å². The molecule has 0 unspecified atom stereocenters. The fourth-order valence-corrected chi connectivity index (χ4v) is 4.67. The number of hydrogen-bond acceptors (Lipinski definition) is 7. The number of carboxylic acids is 1. The quantitative estimate of drug-likeness (QED) is 0.289. The van der Waals surface area contributed by atoms with Gasteiger partial charge in [0, 0.05) is 17.0 Å². The molecule has 2 aromatic carbocycles. The van der Waals surface area contributed by atoms with Gasteiger partial charge in [0.2, 0.25) is 0 Å². The molecular weight excluding hydrogens is 491 g/mol. The van der Waals surface area contributed by atoms with Crippen LogP contribution in [-0.4, -0.2) is 37.9 Å². The van der Waals surface area contributed by atoms with Crippen LogP contribution >= 0.6 is 23.3 Å². The number of aliphatic carboxylic acids is 1. The van der Waals surface area contributed by atoms with Crippen molar-refractivity contribution in [2.45, 2.75) is 18.3 Å². The number of carboxylic acid groups (broad SMARTS) is 1. The molecule has 4 aromatic rings. The summed E-state index contributed by atoms with van der Waals surface area (Å²) >= 11 is 2.15. The molecule has 176 valence electrons. The second kappa shape index (κ2) is 9.11. The number of fused-ring (bicyclic) bond motifs is 1. The number of hydrogen-bond donors (Lipinski definition) is 1. The van der Waals surface area contributed by atoms with E-state index >= 15 is 0 Å². The van der Waals surface area contributed by atoms with Crippen molar-refractivity contribution >= 4 is 39.3 Å². The SMILES string of the molecule is CSc1nc(C(F)(F)F)cc(=O)n1-c1ccc2snc(-c3cc(OCC(=O)O)ccc3C)c2c1. The summed E-state index contributed by atoms with van der Waals surface area (Å²) in [6.45, 7) is 1.37. The van der Waals surface area contributed by atoms with Crippen LogP contribution in [-0.2, 0) is 11.0 Å². The van der Waals surface area contributed by atoms with Crippen LogP contribution in [0, 0.1) is 6.92 Å². The summed E-state index contributed by atoms with van der Waals surface area (Å²) in [5.74, 6) is -0.751. The lowest BCUT2D eigenvalue weighted by Crippen LogP contribution is -2.24. The van der Waals surface area contributed by atoms with Gasteiger partial charge >= 0.3 is 12.1 Å². The molecule has 7 nitrogen and oxygen atoms in total. The molecule has 0 radical (unpaired) electrons. The zero-order valence-corrected chi connectivity index (χ0v) is 19.3. The molecule has 12 heteroatoms. The summed E-state index contributed by atoms with van der Waals surface area (Å²) in [5, 5.41) is 9.44. The number of nitrogens with zero attached hydrogens (tertiary/aromatic N) is 3. The highest BCUT2D eigenvalue weighted by atomic mass is 32.2. The molecule has 0 saturated heterocycles. The first-order chi connectivity index (χ1) is 16.1. The Morgan fingerprint density at radius 3 is 2.65 bits per heavy atom. The Morgan fingerprint density at radius 2 is 1.97 bits per heavy atom. The first kappa shape index (κ1) is 23.8. The molecule has 1 N–H and O–H groups in total. The van der Waals surface area contributed by atoms with Crippen LogP contribution in [0.3, 0.4) is 0 Å². The number of halogens is 3. The average Bonchev–Trinajstić information content (AvgIpc) is 3.20. The molecule has 34 heavy (non-hydrogen) atoms. The predicted molar refractivity (Wildman–Crippen MR) is 123 cm³/mol. The van der Waals surface area contributed by atoms with Crippen LogP contribution in [0.2, 0.25) is 0 Å². The van der Waals surface area contributed by atoms with Crippen molar-refractivity contribution < 1.29 is 27.8 Å². The minimum absolute atomic E-state index is 0.0934. The minimum atomic E-state index is -4.73. The van der Waals surface area contributed by atoms with Crippen LogP contribution in [0.25, 0.3) is 27.0 Å². The Balaban J connectivity index is 1.85. The van der Waals surface area contributed by atoms with Crippen molar-refractivity contribution in [1.82, 2.24) is 13.9 Å². The average molecular weight is 508 g/mol. The van der Waals surface area contributed by atoms with E-state index in [-0.39, 0.29) is 5.16 Å². The molecule has 0 atom stereocenters. The Kier molecular flexibility index (Phi) is 6.36. The summed E-state index contributed by atoms with van der Waals surface area (Å²) in [4.78, 5) is 27.1. The molecule has 0 aliphatic rings. The van der Waals surface area contributed by atoms with Crippen molar-refractivity contribution in [2.75, 3.05) is 12.9 Å². The van der Waals surface area contributed by atoms with Crippen molar-refractivity contribution in [2.24, 2.45) is 0 Å². The lowest BCUT2D eigenvalue weighted by molar-refractivity contribution is -0.142. The maximum atomic E-state index is 13.1. The maximum Gasteiger partial charge on any atom is 0.433 e. The Labute approximate surface area is 199 Å². The van der Waals surface area contributed by atoms with E-state index in [2.05, 4.69) is 9.36 Å².